The highest BCUT2D eigenvalue weighted by Crippen LogP contribution is 2.23. The number of carbonyl (C=O) groups is 3. The van der Waals surface area contributed by atoms with Gasteiger partial charge in [0.05, 0.1) is 0 Å². The first kappa shape index (κ1) is 25.5. The Morgan fingerprint density at radius 2 is 1.23 bits per heavy atom. The number of benzene rings is 3. The number of aryl methyl sites for hydroxylation is 3. The van der Waals surface area contributed by atoms with Crippen LogP contribution in [0, 0.1) is 20.8 Å². The number of esters is 1. The van der Waals surface area contributed by atoms with Crippen LogP contribution in [0.4, 0.5) is 11.4 Å². The van der Waals surface area contributed by atoms with Gasteiger partial charge in [-0.2, -0.15) is 0 Å². The monoisotopic (exact) mass is 474 g/mol. The largest absolute Gasteiger partial charge is 0.457 e. The average molecular weight is 475 g/mol. The summed E-state index contributed by atoms with van der Waals surface area (Å²) in [6.07, 6.45) is 0.525. The van der Waals surface area contributed by atoms with Gasteiger partial charge in [-0.3, -0.25) is 14.4 Å². The molecular formula is C28H30N2O5. The van der Waals surface area contributed by atoms with Crippen molar-refractivity contribution in [2.75, 3.05) is 17.2 Å². The van der Waals surface area contributed by atoms with E-state index in [1.165, 1.54) is 0 Å². The first-order chi connectivity index (χ1) is 16.8. The van der Waals surface area contributed by atoms with Gasteiger partial charge in [-0.1, -0.05) is 23.8 Å². The average Bonchev–Trinajstić information content (AvgIpc) is 2.80. The van der Waals surface area contributed by atoms with Crippen LogP contribution in [0.1, 0.15) is 36.0 Å². The van der Waals surface area contributed by atoms with Gasteiger partial charge in [-0.05, 0) is 86.8 Å². The molecule has 0 heterocycles. The fourth-order valence-corrected chi connectivity index (χ4v) is 3.43. The minimum atomic E-state index is -0.522. The van der Waals surface area contributed by atoms with Gasteiger partial charge in [-0.15, -0.1) is 0 Å². The van der Waals surface area contributed by atoms with Crippen LogP contribution in [-0.4, -0.2) is 24.4 Å². The van der Waals surface area contributed by atoms with Gasteiger partial charge < -0.3 is 20.1 Å². The SMILES string of the molecule is Cc1ccc(Oc2ccc(NC(=O)CCCC(=O)OCC(=O)Nc3cc(C)cc(C)c3)cc2)cc1. The van der Waals surface area contributed by atoms with Crippen LogP contribution in [-0.2, 0) is 19.1 Å². The van der Waals surface area contributed by atoms with Crippen LogP contribution in [0.25, 0.3) is 0 Å². The van der Waals surface area contributed by atoms with Crippen LogP contribution in [0.3, 0.4) is 0 Å². The Balaban J connectivity index is 1.33. The molecule has 2 amide bonds. The number of hydrogen-bond acceptors (Lipinski definition) is 5. The lowest BCUT2D eigenvalue weighted by atomic mass is 10.1. The lowest BCUT2D eigenvalue weighted by Gasteiger charge is -2.09. The number of anilines is 2. The summed E-state index contributed by atoms with van der Waals surface area (Å²) in [5.41, 5.74) is 4.51. The van der Waals surface area contributed by atoms with Crippen molar-refractivity contribution in [3.05, 3.63) is 83.4 Å². The van der Waals surface area contributed by atoms with E-state index in [4.69, 9.17) is 9.47 Å². The van der Waals surface area contributed by atoms with E-state index in [0.29, 0.717) is 23.5 Å². The van der Waals surface area contributed by atoms with Crippen molar-refractivity contribution >= 4 is 29.2 Å². The first-order valence-electron chi connectivity index (χ1n) is 11.4. The predicted molar refractivity (Wildman–Crippen MR) is 136 cm³/mol. The number of hydrogen-bond donors (Lipinski definition) is 2. The van der Waals surface area contributed by atoms with Gasteiger partial charge in [0.1, 0.15) is 11.5 Å². The zero-order valence-electron chi connectivity index (χ0n) is 20.2. The van der Waals surface area contributed by atoms with Gasteiger partial charge in [-0.25, -0.2) is 0 Å². The summed E-state index contributed by atoms with van der Waals surface area (Å²) in [7, 11) is 0. The van der Waals surface area contributed by atoms with E-state index >= 15 is 0 Å². The highest BCUT2D eigenvalue weighted by molar-refractivity contribution is 5.93. The van der Waals surface area contributed by atoms with Crippen molar-refractivity contribution in [3.8, 4) is 11.5 Å². The smallest absolute Gasteiger partial charge is 0.306 e. The Bertz CT molecular complexity index is 1150. The minimum absolute atomic E-state index is 0.0492. The zero-order valence-corrected chi connectivity index (χ0v) is 20.2. The van der Waals surface area contributed by atoms with E-state index in [1.807, 2.05) is 63.2 Å². The molecule has 0 atom stereocenters. The standard InChI is InChI=1S/C28H30N2O5/c1-19-7-11-24(12-8-19)35-25-13-9-22(10-14-25)29-26(31)5-4-6-28(33)34-18-27(32)30-23-16-20(2)15-21(3)17-23/h7-17H,4-6,18H2,1-3H3,(H,29,31)(H,30,32). The molecule has 3 rings (SSSR count). The highest BCUT2D eigenvalue weighted by atomic mass is 16.5. The Morgan fingerprint density at radius 3 is 1.86 bits per heavy atom. The minimum Gasteiger partial charge on any atom is -0.457 e. The fraction of sp³-hybridized carbons (Fsp3) is 0.250. The molecule has 0 bridgehead atoms. The first-order valence-corrected chi connectivity index (χ1v) is 11.4. The molecule has 2 N–H and O–H groups in total. The summed E-state index contributed by atoms with van der Waals surface area (Å²) in [5.74, 6) is 0.262. The number of carbonyl (C=O) groups excluding carboxylic acids is 3. The molecule has 0 saturated heterocycles. The Labute approximate surface area is 205 Å². The maximum atomic E-state index is 12.2. The molecule has 182 valence electrons. The van der Waals surface area contributed by atoms with Crippen molar-refractivity contribution in [3.63, 3.8) is 0 Å². The van der Waals surface area contributed by atoms with Gasteiger partial charge >= 0.3 is 5.97 Å². The quantitative estimate of drug-likeness (QED) is 0.368. The van der Waals surface area contributed by atoms with E-state index in [1.54, 1.807) is 24.3 Å². The summed E-state index contributed by atoms with van der Waals surface area (Å²) >= 11 is 0. The van der Waals surface area contributed by atoms with Gasteiger partial charge in [0.15, 0.2) is 6.61 Å². The van der Waals surface area contributed by atoms with Crippen molar-refractivity contribution < 1.29 is 23.9 Å². The Hall–Kier alpha value is -4.13. The van der Waals surface area contributed by atoms with Crippen LogP contribution in [0.2, 0.25) is 0 Å². The third-order valence-electron chi connectivity index (χ3n) is 5.05. The molecule has 3 aromatic rings. The second kappa shape index (κ2) is 12.4. The topological polar surface area (TPSA) is 93.7 Å². The summed E-state index contributed by atoms with van der Waals surface area (Å²) in [5, 5.41) is 5.50. The van der Waals surface area contributed by atoms with Crippen molar-refractivity contribution in [2.45, 2.75) is 40.0 Å². The van der Waals surface area contributed by atoms with E-state index in [-0.39, 0.29) is 25.4 Å². The molecule has 7 nitrogen and oxygen atoms in total. The van der Waals surface area contributed by atoms with Crippen molar-refractivity contribution in [2.24, 2.45) is 0 Å². The molecule has 35 heavy (non-hydrogen) atoms. The molecule has 0 aliphatic carbocycles. The second-order valence-electron chi connectivity index (χ2n) is 8.43. The fourth-order valence-electron chi connectivity index (χ4n) is 3.43. The van der Waals surface area contributed by atoms with Crippen LogP contribution < -0.4 is 15.4 Å². The molecule has 0 fully saturated rings. The molecule has 0 aromatic heterocycles. The lowest BCUT2D eigenvalue weighted by Crippen LogP contribution is -2.21. The predicted octanol–water partition coefficient (Wildman–Crippen LogP) is 5.69. The maximum absolute atomic E-state index is 12.2. The number of amides is 2. The summed E-state index contributed by atoms with van der Waals surface area (Å²) < 4.78 is 10.8. The van der Waals surface area contributed by atoms with Crippen LogP contribution >= 0.6 is 0 Å². The second-order valence-corrected chi connectivity index (χ2v) is 8.43. The van der Waals surface area contributed by atoms with E-state index < -0.39 is 11.9 Å². The number of ether oxygens (including phenoxy) is 2. The van der Waals surface area contributed by atoms with Crippen LogP contribution in [0.15, 0.2) is 66.7 Å². The van der Waals surface area contributed by atoms with Crippen LogP contribution in [0.5, 0.6) is 11.5 Å². The third kappa shape index (κ3) is 8.97. The molecule has 0 aliphatic rings. The highest BCUT2D eigenvalue weighted by Gasteiger charge is 2.10. The van der Waals surface area contributed by atoms with Gasteiger partial charge in [0, 0.05) is 24.2 Å². The van der Waals surface area contributed by atoms with Gasteiger partial charge in [0.25, 0.3) is 5.91 Å². The van der Waals surface area contributed by atoms with Crippen molar-refractivity contribution in [1.82, 2.24) is 0 Å². The summed E-state index contributed by atoms with van der Waals surface area (Å²) in [6, 6.07) is 20.5. The Morgan fingerprint density at radius 1 is 0.657 bits per heavy atom. The molecule has 0 saturated carbocycles. The number of rotatable bonds is 10. The molecule has 3 aromatic carbocycles. The molecular weight excluding hydrogens is 444 g/mol. The van der Waals surface area contributed by atoms with E-state index in [9.17, 15) is 14.4 Å². The molecule has 0 unspecified atom stereocenters. The molecule has 7 heteroatoms. The summed E-state index contributed by atoms with van der Waals surface area (Å²) in [6.45, 7) is 5.52. The normalized spacial score (nSPS) is 10.4. The molecule has 0 radical (unpaired) electrons. The Kier molecular flexibility index (Phi) is 9.01. The number of nitrogens with one attached hydrogen (secondary N) is 2. The molecule has 0 aliphatic heterocycles. The van der Waals surface area contributed by atoms with Gasteiger partial charge in [0.2, 0.25) is 5.91 Å². The summed E-state index contributed by atoms with van der Waals surface area (Å²) in [4.78, 5) is 36.1. The van der Waals surface area contributed by atoms with Crippen molar-refractivity contribution in [1.29, 1.82) is 0 Å². The lowest BCUT2D eigenvalue weighted by molar-refractivity contribution is -0.147. The molecule has 0 spiro atoms. The zero-order chi connectivity index (χ0) is 25.2. The van der Waals surface area contributed by atoms with E-state index in [0.717, 1.165) is 22.4 Å². The van der Waals surface area contributed by atoms with E-state index in [2.05, 4.69) is 10.6 Å². The third-order valence-corrected chi connectivity index (χ3v) is 5.05. The maximum Gasteiger partial charge on any atom is 0.306 e.